The number of aromatic nitrogens is 6. The van der Waals surface area contributed by atoms with Crippen molar-refractivity contribution in [1.82, 2.24) is 34.8 Å². The first-order valence-electron chi connectivity index (χ1n) is 7.92. The van der Waals surface area contributed by atoms with Gasteiger partial charge in [0.15, 0.2) is 5.82 Å². The molecule has 4 heterocycles. The van der Waals surface area contributed by atoms with Crippen molar-refractivity contribution in [1.29, 1.82) is 0 Å². The molecule has 0 saturated carbocycles. The third-order valence-electron chi connectivity index (χ3n) is 4.16. The van der Waals surface area contributed by atoms with E-state index in [9.17, 15) is 0 Å². The quantitative estimate of drug-likeness (QED) is 0.746. The van der Waals surface area contributed by atoms with E-state index >= 15 is 0 Å². The van der Waals surface area contributed by atoms with Crippen LogP contribution >= 0.6 is 0 Å². The van der Waals surface area contributed by atoms with E-state index in [2.05, 4.69) is 25.6 Å². The number of nitrogens with one attached hydrogen (secondary N) is 2. The summed E-state index contributed by atoms with van der Waals surface area (Å²) in [6.07, 6.45) is 9.60. The Morgan fingerprint density at radius 1 is 1.25 bits per heavy atom. The zero-order valence-electron chi connectivity index (χ0n) is 13.3. The van der Waals surface area contributed by atoms with E-state index < -0.39 is 0 Å². The normalized spacial score (nSPS) is 17.1. The van der Waals surface area contributed by atoms with E-state index in [1.165, 1.54) is 6.33 Å². The second-order valence-electron chi connectivity index (χ2n) is 5.63. The largest absolute Gasteiger partial charge is 0.372 e. The molecule has 0 aromatic carbocycles. The molecule has 8 nitrogen and oxygen atoms in total. The molecule has 0 spiro atoms. The number of anilines is 1. The molecule has 0 radical (unpaired) electrons. The minimum absolute atomic E-state index is 0.349. The Morgan fingerprint density at radius 2 is 2.21 bits per heavy atom. The van der Waals surface area contributed by atoms with E-state index in [0.29, 0.717) is 11.6 Å². The van der Waals surface area contributed by atoms with Gasteiger partial charge in [-0.05, 0) is 19.0 Å². The highest BCUT2D eigenvalue weighted by Gasteiger charge is 2.25. The van der Waals surface area contributed by atoms with Crippen LogP contribution in [-0.2, 0) is 0 Å². The number of hydrogen-bond donors (Lipinski definition) is 2. The Hall–Kier alpha value is -2.87. The van der Waals surface area contributed by atoms with Gasteiger partial charge in [-0.1, -0.05) is 0 Å². The molecule has 2 N–H and O–H groups in total. The fourth-order valence-corrected chi connectivity index (χ4v) is 2.96. The molecule has 3 aromatic heterocycles. The predicted octanol–water partition coefficient (Wildman–Crippen LogP) is 1.24. The molecule has 8 heteroatoms. The summed E-state index contributed by atoms with van der Waals surface area (Å²) in [6, 6.07) is 1.83. The van der Waals surface area contributed by atoms with E-state index in [1.54, 1.807) is 18.7 Å². The second-order valence-corrected chi connectivity index (χ2v) is 5.63. The van der Waals surface area contributed by atoms with Crippen LogP contribution in [0, 0.1) is 0 Å². The van der Waals surface area contributed by atoms with Gasteiger partial charge in [-0.2, -0.15) is 0 Å². The van der Waals surface area contributed by atoms with Crippen molar-refractivity contribution in [3.8, 4) is 17.2 Å². The summed E-state index contributed by atoms with van der Waals surface area (Å²) < 4.78 is 1.87. The van der Waals surface area contributed by atoms with Crippen molar-refractivity contribution in [2.24, 2.45) is 0 Å². The number of rotatable bonds is 4. The highest BCUT2D eigenvalue weighted by atomic mass is 15.1. The molecule has 122 valence electrons. The van der Waals surface area contributed by atoms with Crippen LogP contribution in [0.5, 0.6) is 0 Å². The lowest BCUT2D eigenvalue weighted by Gasteiger charge is -2.17. The standard InChI is InChI=1S/C16H18N8/c1-17-15-13(11-2-4-18-8-11)23-16(24-7-6-20-10-24)14(22-15)12-3-5-19-9-21-12/h3,5-7,9-11,18H,2,4,8H2,1H3,(H,17,22). The molecule has 1 saturated heterocycles. The van der Waals surface area contributed by atoms with Crippen molar-refractivity contribution in [2.45, 2.75) is 12.3 Å². The maximum atomic E-state index is 4.94. The van der Waals surface area contributed by atoms with Crippen molar-refractivity contribution in [2.75, 3.05) is 25.5 Å². The average molecular weight is 322 g/mol. The maximum absolute atomic E-state index is 4.94. The van der Waals surface area contributed by atoms with Gasteiger partial charge in [0.25, 0.3) is 0 Å². The van der Waals surface area contributed by atoms with Crippen LogP contribution < -0.4 is 10.6 Å². The van der Waals surface area contributed by atoms with E-state index in [0.717, 1.165) is 42.5 Å². The van der Waals surface area contributed by atoms with E-state index in [-0.39, 0.29) is 0 Å². The lowest BCUT2D eigenvalue weighted by Crippen LogP contribution is -2.14. The van der Waals surface area contributed by atoms with Gasteiger partial charge >= 0.3 is 0 Å². The number of imidazole rings is 1. The van der Waals surface area contributed by atoms with Crippen molar-refractivity contribution in [3.05, 3.63) is 43.0 Å². The van der Waals surface area contributed by atoms with E-state index in [1.807, 2.05) is 23.9 Å². The average Bonchev–Trinajstić information content (AvgIpc) is 3.35. The summed E-state index contributed by atoms with van der Waals surface area (Å²) in [5.74, 6) is 1.87. The van der Waals surface area contributed by atoms with Crippen LogP contribution in [0.4, 0.5) is 5.82 Å². The Balaban J connectivity index is 1.92. The van der Waals surface area contributed by atoms with Gasteiger partial charge in [0.1, 0.15) is 24.2 Å². The SMILES string of the molecule is CNc1nc(-c2ccncn2)c(-n2ccnc2)nc1C1CCNC1. The maximum Gasteiger partial charge on any atom is 0.166 e. The molecule has 3 aromatic rings. The molecule has 1 unspecified atom stereocenters. The monoisotopic (exact) mass is 322 g/mol. The van der Waals surface area contributed by atoms with Crippen molar-refractivity contribution >= 4 is 5.82 Å². The molecule has 1 aliphatic heterocycles. The number of hydrogen-bond acceptors (Lipinski definition) is 7. The number of nitrogens with zero attached hydrogens (tertiary/aromatic N) is 6. The zero-order valence-corrected chi connectivity index (χ0v) is 13.3. The first-order valence-corrected chi connectivity index (χ1v) is 7.92. The third-order valence-corrected chi connectivity index (χ3v) is 4.16. The summed E-state index contributed by atoms with van der Waals surface area (Å²) >= 11 is 0. The molecule has 24 heavy (non-hydrogen) atoms. The topological polar surface area (TPSA) is 93.4 Å². The molecule has 0 bridgehead atoms. The summed E-state index contributed by atoms with van der Waals surface area (Å²) in [5, 5.41) is 6.57. The summed E-state index contributed by atoms with van der Waals surface area (Å²) in [7, 11) is 1.87. The van der Waals surface area contributed by atoms with Crippen LogP contribution in [0.15, 0.2) is 37.3 Å². The van der Waals surface area contributed by atoms with Crippen LogP contribution in [0.1, 0.15) is 18.0 Å². The minimum Gasteiger partial charge on any atom is -0.372 e. The van der Waals surface area contributed by atoms with Crippen LogP contribution in [-0.4, -0.2) is 49.6 Å². The van der Waals surface area contributed by atoms with Crippen LogP contribution in [0.2, 0.25) is 0 Å². The van der Waals surface area contributed by atoms with Crippen LogP contribution in [0.25, 0.3) is 17.2 Å². The first-order chi connectivity index (χ1) is 11.9. The molecule has 1 atom stereocenters. The van der Waals surface area contributed by atoms with Gasteiger partial charge in [-0.3, -0.25) is 4.57 Å². The zero-order chi connectivity index (χ0) is 16.4. The van der Waals surface area contributed by atoms with E-state index in [4.69, 9.17) is 9.97 Å². The van der Waals surface area contributed by atoms with Gasteiger partial charge in [0.05, 0.1) is 11.4 Å². The smallest absolute Gasteiger partial charge is 0.166 e. The Kier molecular flexibility index (Phi) is 3.87. The molecule has 4 rings (SSSR count). The van der Waals surface area contributed by atoms with Gasteiger partial charge in [0, 0.05) is 38.1 Å². The molecule has 1 fully saturated rings. The van der Waals surface area contributed by atoms with Crippen molar-refractivity contribution in [3.63, 3.8) is 0 Å². The Bertz CT molecular complexity index is 810. The summed E-state index contributed by atoms with van der Waals surface area (Å²) in [6.45, 7) is 1.92. The summed E-state index contributed by atoms with van der Waals surface area (Å²) in [4.78, 5) is 22.2. The van der Waals surface area contributed by atoms with Crippen LogP contribution in [0.3, 0.4) is 0 Å². The Labute approximate surface area is 139 Å². The van der Waals surface area contributed by atoms with Gasteiger partial charge in [0.2, 0.25) is 0 Å². The molecular weight excluding hydrogens is 304 g/mol. The van der Waals surface area contributed by atoms with Gasteiger partial charge in [-0.25, -0.2) is 24.9 Å². The lowest BCUT2D eigenvalue weighted by molar-refractivity contribution is 0.725. The first kappa shape index (κ1) is 14.7. The Morgan fingerprint density at radius 3 is 2.88 bits per heavy atom. The van der Waals surface area contributed by atoms with Gasteiger partial charge in [-0.15, -0.1) is 0 Å². The lowest BCUT2D eigenvalue weighted by atomic mass is 10.0. The fraction of sp³-hybridized carbons (Fsp3) is 0.312. The molecule has 1 aliphatic rings. The highest BCUT2D eigenvalue weighted by Crippen LogP contribution is 2.31. The third kappa shape index (κ3) is 2.61. The molecule has 0 aliphatic carbocycles. The van der Waals surface area contributed by atoms with Gasteiger partial charge < -0.3 is 10.6 Å². The fourth-order valence-electron chi connectivity index (χ4n) is 2.96. The highest BCUT2D eigenvalue weighted by molar-refractivity contribution is 5.66. The summed E-state index contributed by atoms with van der Waals surface area (Å²) in [5.41, 5.74) is 2.41. The second kappa shape index (κ2) is 6.32. The minimum atomic E-state index is 0.349. The molecule has 0 amide bonds. The molecular formula is C16H18N8. The van der Waals surface area contributed by atoms with Crippen molar-refractivity contribution < 1.29 is 0 Å². The predicted molar refractivity (Wildman–Crippen MR) is 90.0 cm³/mol.